The number of aromatic nitrogens is 5. The summed E-state index contributed by atoms with van der Waals surface area (Å²) in [6, 6.07) is 13.6. The Kier molecular flexibility index (Phi) is 23.3. The Morgan fingerprint density at radius 2 is 1.62 bits per heavy atom. The molecule has 4 aliphatic heterocycles. The topological polar surface area (TPSA) is 445 Å². The normalized spacial score (nSPS) is 20.4. The minimum absolute atomic E-state index is 0.0167. The predicted molar refractivity (Wildman–Crippen MR) is 403 cm³/mol. The number of carboxylic acid groups (broad SMARTS) is 1. The maximum Gasteiger partial charge on any atom is 0.407 e. The second-order valence-corrected chi connectivity index (χ2v) is 29.5. The average molecular weight is 1570 g/mol. The van der Waals surface area contributed by atoms with Crippen molar-refractivity contribution in [3.63, 3.8) is 0 Å². The second-order valence-electron chi connectivity index (χ2n) is 29.0. The smallest absolute Gasteiger partial charge is 0.407 e. The van der Waals surface area contributed by atoms with Gasteiger partial charge in [0.15, 0.2) is 11.7 Å². The molecule has 1 aliphatic carbocycles. The molecule has 592 valence electrons. The number of halogens is 3. The molecule has 8 heterocycles. The van der Waals surface area contributed by atoms with Crippen molar-refractivity contribution in [2.75, 3.05) is 54.9 Å². The van der Waals surface area contributed by atoms with Crippen LogP contribution in [0.1, 0.15) is 117 Å². The van der Waals surface area contributed by atoms with Crippen LogP contribution in [-0.2, 0) is 79.5 Å². The van der Waals surface area contributed by atoms with Crippen LogP contribution in [0.15, 0.2) is 77.7 Å². The van der Waals surface area contributed by atoms with Crippen LogP contribution in [-0.4, -0.2) is 180 Å². The molecule has 8 aromatic rings. The van der Waals surface area contributed by atoms with E-state index in [1.54, 1.807) is 46.0 Å². The molecule has 9 atom stereocenters. The van der Waals surface area contributed by atoms with Crippen LogP contribution in [0.2, 0.25) is 5.02 Å². The third kappa shape index (κ3) is 16.2. The SMILES string of the molecule is CC[C@@]1(O)C(=O)OCc2c1cc1n(c2=O)Cc2c-1nc1cc(F)c(C)c3c1c2[C@@H](NC(=O)OCc1ccc(NC(=O)[C@H](C)NC(=O)[C@@H](NC(=O)CCOCCC(=O)NCCNc2ncc(-c4cc(C)cc(F)c4)c(N4CCC(N)CC4)c2-c2nc4ccc(Cl)cc4[nH]2)C(C)C)c(O[C@@H]2O[C@H](C(=O)O)[C@@H](O)[C@H](O)[C@H]2O)c1)CC3. The number of rotatable bonds is 26. The lowest BCUT2D eigenvalue weighted by Crippen LogP contribution is -2.61. The van der Waals surface area contributed by atoms with Crippen LogP contribution >= 0.6 is 11.6 Å². The summed E-state index contributed by atoms with van der Waals surface area (Å²) in [6.45, 7) is 10.3. The van der Waals surface area contributed by atoms with E-state index in [0.29, 0.717) is 91.5 Å². The summed E-state index contributed by atoms with van der Waals surface area (Å²) >= 11 is 6.39. The summed E-state index contributed by atoms with van der Waals surface area (Å²) in [4.78, 5) is 128. The van der Waals surface area contributed by atoms with Gasteiger partial charge in [0.1, 0.15) is 72.6 Å². The molecular weight excluding hydrogens is 1480 g/mol. The molecule has 2 saturated heterocycles. The van der Waals surface area contributed by atoms with E-state index in [0.717, 1.165) is 24.1 Å². The number of aromatic amines is 1. The number of amides is 5. The van der Waals surface area contributed by atoms with Crippen molar-refractivity contribution in [1.82, 2.24) is 45.8 Å². The Bertz CT molecular complexity index is 5110. The quantitative estimate of drug-likeness (QED) is 0.0220. The maximum atomic E-state index is 15.7. The summed E-state index contributed by atoms with van der Waals surface area (Å²) in [6.07, 6.45) is -8.00. The van der Waals surface area contributed by atoms with Crippen molar-refractivity contribution in [2.45, 2.75) is 167 Å². The second kappa shape index (κ2) is 32.9. The number of carbonyl (C=O) groups excluding carboxylic acids is 6. The third-order valence-electron chi connectivity index (χ3n) is 21.0. The number of pyridine rings is 3. The van der Waals surface area contributed by atoms with Gasteiger partial charge in [0.25, 0.3) is 5.56 Å². The molecule has 0 radical (unpaired) electrons. The largest absolute Gasteiger partial charge is 0.479 e. The molecule has 5 amide bonds. The number of nitrogens with one attached hydrogen (secondary N) is 7. The number of aryl methyl sites for hydroxylation is 2. The predicted octanol–water partition coefficient (Wildman–Crippen LogP) is 5.95. The number of carboxylic acids is 1. The molecule has 5 aliphatic rings. The maximum absolute atomic E-state index is 15.7. The Hall–Kier alpha value is -10.8. The highest BCUT2D eigenvalue weighted by atomic mass is 35.5. The number of hydrogen-bond acceptors (Lipinski definition) is 23. The highest BCUT2D eigenvalue weighted by Gasteiger charge is 2.49. The number of anilines is 3. The zero-order valence-corrected chi connectivity index (χ0v) is 62.8. The van der Waals surface area contributed by atoms with Gasteiger partial charge in [0, 0.05) is 84.4 Å². The molecule has 14 N–H and O–H groups in total. The van der Waals surface area contributed by atoms with Crippen molar-refractivity contribution in [2.24, 2.45) is 11.7 Å². The van der Waals surface area contributed by atoms with Crippen LogP contribution in [0.5, 0.6) is 5.75 Å². The number of alkyl carbamates (subject to hydrolysis) is 1. The minimum Gasteiger partial charge on any atom is -0.479 e. The van der Waals surface area contributed by atoms with Gasteiger partial charge < -0.3 is 101 Å². The lowest BCUT2D eigenvalue weighted by molar-refractivity contribution is -0.271. The van der Waals surface area contributed by atoms with Gasteiger partial charge in [-0.05, 0) is 141 Å². The van der Waals surface area contributed by atoms with E-state index in [1.807, 2.05) is 19.1 Å². The first-order chi connectivity index (χ1) is 53.5. The minimum atomic E-state index is -2.12. The number of imidazole rings is 1. The fraction of sp³-hybridized carbons (Fsp3) is 0.423. The van der Waals surface area contributed by atoms with Crippen LogP contribution in [0.4, 0.5) is 30.8 Å². The number of aliphatic hydroxyl groups is 4. The molecule has 0 bridgehead atoms. The Morgan fingerprint density at radius 3 is 2.35 bits per heavy atom. The van der Waals surface area contributed by atoms with Crippen molar-refractivity contribution < 1.29 is 91.6 Å². The lowest BCUT2D eigenvalue weighted by Gasteiger charge is -2.38. The molecular formula is C78H86ClF2N13O18. The zero-order valence-electron chi connectivity index (χ0n) is 62.0. The molecule has 0 unspecified atom stereocenters. The number of hydrogen-bond donors (Lipinski definition) is 13. The number of ether oxygens (including phenoxy) is 5. The summed E-state index contributed by atoms with van der Waals surface area (Å²) in [5, 5.41) is 71.7. The van der Waals surface area contributed by atoms with Gasteiger partial charge in [-0.25, -0.2) is 38.1 Å². The molecule has 2 fully saturated rings. The number of nitrogens with two attached hydrogens (primary N) is 1. The fourth-order valence-corrected chi connectivity index (χ4v) is 15.1. The van der Waals surface area contributed by atoms with E-state index in [2.05, 4.69) is 41.8 Å². The molecule has 13 rings (SSSR count). The van der Waals surface area contributed by atoms with Crippen LogP contribution in [0.25, 0.3) is 55.8 Å². The highest BCUT2D eigenvalue weighted by Crippen LogP contribution is 2.48. The van der Waals surface area contributed by atoms with E-state index in [-0.39, 0.29) is 122 Å². The number of piperidine rings is 1. The van der Waals surface area contributed by atoms with E-state index in [9.17, 15) is 63.9 Å². The number of esters is 1. The standard InChI is InChI=1S/C78H86ClF2N13O18/c1-7-78(107)48-29-55-63-46(32-94(55)73(102)47(48)34-109-76(78)105)60-52(13-10-44-37(5)49(81)30-54(87-63)59(44)60)91-77(106)110-33-39-8-11-51(56(26-39)111-75-67(99)65(97)66(98)68(112-75)74(103)104)90-71(100)38(6)86-72(101)62(35(2)3)92-58(96)17-23-108-22-16-57(95)83-18-19-84-69-61(70-88-50-12-9-41(79)28-53(50)89-70)64(93-20-14-43(82)15-21-93)45(31-85-69)40-24-36(4)25-42(80)27-40/h8-9,11-12,24-31,35,38,43,52,62,65-68,75,97-99,107H,7,10,13-23,32-34,82H2,1-6H3,(H,83,95)(H,84,85)(H,86,101)(H,88,89)(H,90,100)(H,91,106)(H,92,96)(H,103,104)/t38-,52-,62-,65-,66-,67+,68-,75+,78-/m0/s1. The fourth-order valence-electron chi connectivity index (χ4n) is 15.0. The van der Waals surface area contributed by atoms with Gasteiger partial charge in [0.2, 0.25) is 29.9 Å². The van der Waals surface area contributed by atoms with E-state index in [4.69, 9.17) is 56.0 Å². The van der Waals surface area contributed by atoms with Crippen LogP contribution < -0.4 is 52.8 Å². The number of H-pyrrole nitrogens is 1. The van der Waals surface area contributed by atoms with E-state index < -0.39 is 120 Å². The van der Waals surface area contributed by atoms with Crippen molar-refractivity contribution in [3.05, 3.63) is 144 Å². The third-order valence-corrected chi connectivity index (χ3v) is 21.3. The van der Waals surface area contributed by atoms with Gasteiger partial charge in [-0.15, -0.1) is 0 Å². The lowest BCUT2D eigenvalue weighted by atomic mass is 9.81. The molecule has 31 nitrogen and oxygen atoms in total. The summed E-state index contributed by atoms with van der Waals surface area (Å²) in [7, 11) is 0. The number of cyclic esters (lactones) is 1. The number of aliphatic carboxylic acids is 1. The summed E-state index contributed by atoms with van der Waals surface area (Å²) in [5.74, 6) is -5.97. The first kappa shape index (κ1) is 79.3. The zero-order chi connectivity index (χ0) is 79.9. The molecule has 0 saturated carbocycles. The number of nitrogens with zero attached hydrogens (tertiary/aromatic N) is 5. The Balaban J connectivity index is 0.621. The van der Waals surface area contributed by atoms with Gasteiger partial charge >= 0.3 is 18.0 Å². The Morgan fingerprint density at radius 1 is 0.857 bits per heavy atom. The van der Waals surface area contributed by atoms with Crippen molar-refractivity contribution >= 4 is 92.4 Å². The van der Waals surface area contributed by atoms with Crippen molar-refractivity contribution in [3.8, 4) is 39.7 Å². The van der Waals surface area contributed by atoms with Gasteiger partial charge in [-0.3, -0.25) is 24.0 Å². The number of carbonyl (C=O) groups is 7. The molecule has 4 aromatic heterocycles. The van der Waals surface area contributed by atoms with Crippen molar-refractivity contribution in [1.29, 1.82) is 0 Å². The molecule has 112 heavy (non-hydrogen) atoms. The van der Waals surface area contributed by atoms with E-state index in [1.165, 1.54) is 54.0 Å². The highest BCUT2D eigenvalue weighted by molar-refractivity contribution is 6.31. The Labute approximate surface area is 644 Å². The molecule has 34 heteroatoms. The summed E-state index contributed by atoms with van der Waals surface area (Å²) in [5.41, 5.74) is 11.6. The van der Waals surface area contributed by atoms with Gasteiger partial charge in [-0.2, -0.15) is 0 Å². The number of aliphatic hydroxyl groups excluding tert-OH is 3. The number of benzene rings is 4. The van der Waals surface area contributed by atoms with E-state index >= 15 is 8.78 Å². The number of fused-ring (bicyclic) bond motifs is 6. The molecule has 0 spiro atoms. The molecule has 4 aromatic carbocycles. The van der Waals surface area contributed by atoms with Gasteiger partial charge in [0.05, 0.1) is 76.2 Å². The summed E-state index contributed by atoms with van der Waals surface area (Å²) < 4.78 is 60.2. The van der Waals surface area contributed by atoms with Crippen LogP contribution in [0.3, 0.4) is 0 Å². The first-order valence-corrected chi connectivity index (χ1v) is 37.3. The first-order valence-electron chi connectivity index (χ1n) is 36.9. The van der Waals surface area contributed by atoms with Crippen LogP contribution in [0, 0.1) is 31.4 Å². The monoisotopic (exact) mass is 1570 g/mol. The van der Waals surface area contributed by atoms with Gasteiger partial charge in [-0.1, -0.05) is 44.5 Å². The average Bonchev–Trinajstić information content (AvgIpc) is 1.51.